The topological polar surface area (TPSA) is 127 Å². The highest BCUT2D eigenvalue weighted by molar-refractivity contribution is 7.87. The van der Waals surface area contributed by atoms with E-state index >= 15 is 0 Å². The van der Waals surface area contributed by atoms with Gasteiger partial charge in [0.15, 0.2) is 0 Å². The average molecular weight is 360 g/mol. The normalized spacial score (nSPS) is 18.3. The van der Waals surface area contributed by atoms with Gasteiger partial charge in [0.1, 0.15) is 19.3 Å². The van der Waals surface area contributed by atoms with Crippen molar-refractivity contribution in [3.8, 4) is 0 Å². The van der Waals surface area contributed by atoms with E-state index in [-0.39, 0.29) is 5.92 Å². The molecule has 1 rings (SSSR count). The lowest BCUT2D eigenvalue weighted by atomic mass is 9.89. The Morgan fingerprint density at radius 2 is 1.65 bits per heavy atom. The fraction of sp³-hybridized carbons (Fsp3) is 0.833. The number of hydrogen-bond acceptors (Lipinski definition) is 7. The van der Waals surface area contributed by atoms with Gasteiger partial charge >= 0.3 is 27.3 Å². The summed E-state index contributed by atoms with van der Waals surface area (Å²) >= 11 is 0. The second-order valence-electron chi connectivity index (χ2n) is 5.21. The highest BCUT2D eigenvalue weighted by atomic mass is 32.2. The van der Waals surface area contributed by atoms with Crippen LogP contribution in [-0.2, 0) is 29.2 Å². The monoisotopic (exact) mass is 360 g/mol. The molecule has 0 aromatic heterocycles. The van der Waals surface area contributed by atoms with Crippen molar-refractivity contribution in [1.82, 2.24) is 0 Å². The number of rotatable bonds is 7. The number of carbonyl (C=O) groups is 2. The van der Waals surface area contributed by atoms with Gasteiger partial charge in [0.25, 0.3) is 0 Å². The number of carbonyl (C=O) groups excluding carboxylic acids is 2. The Bertz CT molecular complexity index is 527. The molecule has 1 unspecified atom stereocenters. The van der Waals surface area contributed by atoms with Crippen LogP contribution in [0.3, 0.4) is 0 Å². The molecule has 23 heavy (non-hydrogen) atoms. The Labute approximate surface area is 131 Å². The van der Waals surface area contributed by atoms with Crippen LogP contribution in [0.2, 0.25) is 0 Å². The molecule has 0 aromatic carbocycles. The van der Waals surface area contributed by atoms with Crippen molar-refractivity contribution in [1.29, 1.82) is 0 Å². The fourth-order valence-corrected chi connectivity index (χ4v) is 2.31. The fourth-order valence-electron chi connectivity index (χ4n) is 2.04. The molecule has 0 bridgehead atoms. The summed E-state index contributed by atoms with van der Waals surface area (Å²) < 4.78 is 63.2. The lowest BCUT2D eigenvalue weighted by molar-refractivity contribution is -0.167. The van der Waals surface area contributed by atoms with Gasteiger partial charge < -0.3 is 14.6 Å². The van der Waals surface area contributed by atoms with Gasteiger partial charge in [-0.15, -0.1) is 0 Å². The maximum absolute atomic E-state index is 12.9. The van der Waals surface area contributed by atoms with E-state index < -0.39 is 46.6 Å². The summed E-state index contributed by atoms with van der Waals surface area (Å²) in [7, 11) is -5.96. The third kappa shape index (κ3) is 5.66. The molecule has 1 aliphatic rings. The van der Waals surface area contributed by atoms with Crippen LogP contribution < -0.4 is 0 Å². The predicted molar refractivity (Wildman–Crippen MR) is 71.0 cm³/mol. The third-order valence-corrected chi connectivity index (χ3v) is 4.14. The van der Waals surface area contributed by atoms with Gasteiger partial charge in [0.05, 0.1) is 5.92 Å². The van der Waals surface area contributed by atoms with E-state index in [9.17, 15) is 31.9 Å². The Morgan fingerprint density at radius 3 is 2.17 bits per heavy atom. The van der Waals surface area contributed by atoms with Crippen LogP contribution in [0, 0.1) is 5.92 Å². The third-order valence-electron chi connectivity index (χ3n) is 3.32. The maximum atomic E-state index is 12.9. The standard InChI is InChI=1S/C12H18F2O8S/c13-12(14,23(18,19)20)11(17)22-7-9(15)6-21-10(16)8-4-2-1-3-5-8/h8-9,15H,1-7H2,(H,18,19,20). The highest BCUT2D eigenvalue weighted by Gasteiger charge is 2.54. The average Bonchev–Trinajstić information content (AvgIpc) is 2.49. The van der Waals surface area contributed by atoms with Crippen LogP contribution >= 0.6 is 0 Å². The molecule has 0 saturated heterocycles. The van der Waals surface area contributed by atoms with Crippen molar-refractivity contribution in [3.05, 3.63) is 0 Å². The molecule has 1 atom stereocenters. The van der Waals surface area contributed by atoms with Crippen LogP contribution in [0.25, 0.3) is 0 Å². The molecule has 0 radical (unpaired) electrons. The SMILES string of the molecule is O=C(OCC(O)COC(=O)C(F)(F)S(=O)(=O)O)C1CCCCC1. The summed E-state index contributed by atoms with van der Waals surface area (Å²) in [6.07, 6.45) is 2.57. The van der Waals surface area contributed by atoms with Gasteiger partial charge in [-0.2, -0.15) is 17.2 Å². The van der Waals surface area contributed by atoms with E-state index in [0.717, 1.165) is 19.3 Å². The van der Waals surface area contributed by atoms with Gasteiger partial charge in [0, 0.05) is 0 Å². The first-order valence-corrected chi connectivity index (χ1v) is 8.36. The molecule has 8 nitrogen and oxygen atoms in total. The number of hydrogen-bond donors (Lipinski definition) is 2. The number of aliphatic hydroxyl groups excluding tert-OH is 1. The molecule has 1 saturated carbocycles. The predicted octanol–water partition coefficient (Wildman–Crippen LogP) is 0.495. The smallest absolute Gasteiger partial charge is 0.463 e. The van der Waals surface area contributed by atoms with E-state index in [4.69, 9.17) is 9.29 Å². The van der Waals surface area contributed by atoms with E-state index in [1.807, 2.05) is 0 Å². The summed E-state index contributed by atoms with van der Waals surface area (Å²) in [5.74, 6) is -3.33. The van der Waals surface area contributed by atoms with Crippen LogP contribution in [0.1, 0.15) is 32.1 Å². The van der Waals surface area contributed by atoms with Crippen molar-refractivity contribution >= 4 is 22.1 Å². The van der Waals surface area contributed by atoms with E-state index in [0.29, 0.717) is 12.8 Å². The van der Waals surface area contributed by atoms with E-state index in [1.54, 1.807) is 0 Å². The molecule has 11 heteroatoms. The van der Waals surface area contributed by atoms with Crippen molar-refractivity contribution in [2.75, 3.05) is 13.2 Å². The summed E-state index contributed by atoms with van der Waals surface area (Å²) in [6.45, 7) is -1.60. The number of halogens is 2. The molecule has 1 aliphatic carbocycles. The molecule has 0 amide bonds. The molecule has 0 aromatic rings. The Morgan fingerprint density at radius 1 is 1.13 bits per heavy atom. The minimum Gasteiger partial charge on any atom is -0.463 e. The summed E-state index contributed by atoms with van der Waals surface area (Å²) in [5.41, 5.74) is 0. The molecule has 0 heterocycles. The number of esters is 2. The summed E-state index contributed by atoms with van der Waals surface area (Å²) in [4.78, 5) is 22.5. The van der Waals surface area contributed by atoms with Crippen molar-refractivity contribution < 1.29 is 45.9 Å². The van der Waals surface area contributed by atoms with Crippen LogP contribution in [0.5, 0.6) is 0 Å². The molecule has 2 N–H and O–H groups in total. The van der Waals surface area contributed by atoms with E-state index in [1.165, 1.54) is 0 Å². The molecule has 0 aliphatic heterocycles. The van der Waals surface area contributed by atoms with E-state index in [2.05, 4.69) is 4.74 Å². The van der Waals surface area contributed by atoms with Gasteiger partial charge in [-0.1, -0.05) is 19.3 Å². The van der Waals surface area contributed by atoms with Gasteiger partial charge in [-0.25, -0.2) is 4.79 Å². The highest BCUT2D eigenvalue weighted by Crippen LogP contribution is 2.25. The number of alkyl halides is 2. The number of aliphatic hydroxyl groups is 1. The van der Waals surface area contributed by atoms with Crippen molar-refractivity contribution in [2.45, 2.75) is 43.5 Å². The van der Waals surface area contributed by atoms with Gasteiger partial charge in [-0.05, 0) is 12.8 Å². The first-order valence-electron chi connectivity index (χ1n) is 6.92. The van der Waals surface area contributed by atoms with Crippen LogP contribution in [-0.4, -0.2) is 54.6 Å². The molecule has 134 valence electrons. The quantitative estimate of drug-likeness (QED) is 0.496. The molecule has 0 spiro atoms. The lowest BCUT2D eigenvalue weighted by Gasteiger charge is -2.21. The first-order chi connectivity index (χ1) is 10.6. The molecule has 1 fully saturated rings. The number of ether oxygens (including phenoxy) is 2. The molecular formula is C12H18F2O8S. The summed E-state index contributed by atoms with van der Waals surface area (Å²) in [5, 5.41) is 4.27. The van der Waals surface area contributed by atoms with Gasteiger partial charge in [-0.3, -0.25) is 9.35 Å². The minimum atomic E-state index is -5.96. The van der Waals surface area contributed by atoms with Crippen LogP contribution in [0.15, 0.2) is 0 Å². The maximum Gasteiger partial charge on any atom is 0.465 e. The van der Waals surface area contributed by atoms with Crippen molar-refractivity contribution in [2.24, 2.45) is 5.92 Å². The lowest BCUT2D eigenvalue weighted by Crippen LogP contribution is -2.40. The zero-order valence-electron chi connectivity index (χ0n) is 12.1. The largest absolute Gasteiger partial charge is 0.465 e. The van der Waals surface area contributed by atoms with Crippen LogP contribution in [0.4, 0.5) is 8.78 Å². The Hall–Kier alpha value is -1.33. The second kappa shape index (κ2) is 7.97. The van der Waals surface area contributed by atoms with Gasteiger partial charge in [0.2, 0.25) is 0 Å². The summed E-state index contributed by atoms with van der Waals surface area (Å²) in [6, 6.07) is 0. The second-order valence-corrected chi connectivity index (χ2v) is 6.67. The Kier molecular flexibility index (Phi) is 6.84. The minimum absolute atomic E-state index is 0.276. The first kappa shape index (κ1) is 19.7. The van der Waals surface area contributed by atoms with Crippen molar-refractivity contribution in [3.63, 3.8) is 0 Å². The molecular weight excluding hydrogens is 342 g/mol. The zero-order chi connectivity index (χ0) is 17.7. The zero-order valence-corrected chi connectivity index (χ0v) is 12.9. The Balaban J connectivity index is 2.35.